The van der Waals surface area contributed by atoms with Gasteiger partial charge < -0.3 is 19.4 Å². The van der Waals surface area contributed by atoms with Crippen molar-refractivity contribution in [2.45, 2.75) is 13.8 Å². The second-order valence-corrected chi connectivity index (χ2v) is 4.27. The molecule has 1 aromatic rings. The lowest BCUT2D eigenvalue weighted by atomic mass is 10.2. The molecule has 0 radical (unpaired) electrons. The Labute approximate surface area is 107 Å². The minimum absolute atomic E-state index is 0.423. The number of aliphatic carboxylic acids is 1. The summed E-state index contributed by atoms with van der Waals surface area (Å²) in [6.45, 7) is 4.72. The summed E-state index contributed by atoms with van der Waals surface area (Å²) in [5, 5.41) is 10.3. The molecule has 0 saturated carbocycles. The number of ether oxygens (including phenoxy) is 2. The molecular weight excluding hydrogens is 232 g/mol. The first kappa shape index (κ1) is 14.1. The summed E-state index contributed by atoms with van der Waals surface area (Å²) in [6.07, 6.45) is 2.42. The van der Waals surface area contributed by atoms with Crippen LogP contribution in [0.25, 0.3) is 6.08 Å². The quantitative estimate of drug-likeness (QED) is 0.717. The normalized spacial score (nSPS) is 10.9. The molecular formula is C14H17O4-. The van der Waals surface area contributed by atoms with Crippen LogP contribution >= 0.6 is 0 Å². The van der Waals surface area contributed by atoms with E-state index in [1.165, 1.54) is 6.08 Å². The highest BCUT2D eigenvalue weighted by molar-refractivity contribution is 5.83. The zero-order valence-corrected chi connectivity index (χ0v) is 10.8. The highest BCUT2D eigenvalue weighted by Crippen LogP contribution is 2.28. The third kappa shape index (κ3) is 4.49. The van der Waals surface area contributed by atoms with E-state index in [1.807, 2.05) is 0 Å². The Kier molecular flexibility index (Phi) is 5.24. The molecule has 0 spiro atoms. The zero-order valence-electron chi connectivity index (χ0n) is 10.8. The molecule has 4 heteroatoms. The van der Waals surface area contributed by atoms with E-state index in [1.54, 1.807) is 25.3 Å². The van der Waals surface area contributed by atoms with Crippen LogP contribution in [0.4, 0.5) is 0 Å². The largest absolute Gasteiger partial charge is 0.545 e. The standard InChI is InChI=1S/C14H18O4/c1-10(2)9-18-12-6-4-11(5-7-14(15)16)8-13(12)17-3/h4-8,10H,9H2,1-3H3,(H,15,16)/p-1/b7-5+. The lowest BCUT2D eigenvalue weighted by Crippen LogP contribution is -2.18. The van der Waals surface area contributed by atoms with Crippen molar-refractivity contribution in [3.63, 3.8) is 0 Å². The number of carbonyl (C=O) groups is 1. The van der Waals surface area contributed by atoms with E-state index in [-0.39, 0.29) is 0 Å². The smallest absolute Gasteiger partial charge is 0.161 e. The monoisotopic (exact) mass is 249 g/mol. The van der Waals surface area contributed by atoms with E-state index in [2.05, 4.69) is 13.8 Å². The average molecular weight is 249 g/mol. The molecule has 0 aliphatic rings. The second-order valence-electron chi connectivity index (χ2n) is 4.27. The van der Waals surface area contributed by atoms with Gasteiger partial charge in [0.2, 0.25) is 0 Å². The number of carboxylic acid groups (broad SMARTS) is 1. The highest BCUT2D eigenvalue weighted by atomic mass is 16.5. The lowest BCUT2D eigenvalue weighted by Gasteiger charge is -2.12. The number of methoxy groups -OCH3 is 1. The molecule has 0 aromatic heterocycles. The molecule has 0 saturated heterocycles. The summed E-state index contributed by atoms with van der Waals surface area (Å²) < 4.78 is 10.8. The van der Waals surface area contributed by atoms with Gasteiger partial charge in [0.1, 0.15) is 0 Å². The predicted molar refractivity (Wildman–Crippen MR) is 67.4 cm³/mol. The molecule has 0 heterocycles. The third-order valence-corrected chi connectivity index (χ3v) is 2.17. The van der Waals surface area contributed by atoms with Crippen LogP contribution < -0.4 is 14.6 Å². The summed E-state index contributed by atoms with van der Waals surface area (Å²) in [6, 6.07) is 5.24. The molecule has 18 heavy (non-hydrogen) atoms. The van der Waals surface area contributed by atoms with E-state index >= 15 is 0 Å². The average Bonchev–Trinajstić information content (AvgIpc) is 2.34. The fraction of sp³-hybridized carbons (Fsp3) is 0.357. The second kappa shape index (κ2) is 6.69. The Balaban J connectivity index is 2.85. The van der Waals surface area contributed by atoms with Crippen LogP contribution in [0.5, 0.6) is 11.5 Å². The molecule has 0 fully saturated rings. The molecule has 4 nitrogen and oxygen atoms in total. The number of rotatable bonds is 6. The molecule has 0 bridgehead atoms. The lowest BCUT2D eigenvalue weighted by molar-refractivity contribution is -0.297. The van der Waals surface area contributed by atoms with Crippen molar-refractivity contribution < 1.29 is 19.4 Å². The Morgan fingerprint density at radius 3 is 2.67 bits per heavy atom. The van der Waals surface area contributed by atoms with E-state index in [0.29, 0.717) is 29.6 Å². The highest BCUT2D eigenvalue weighted by Gasteiger charge is 2.05. The molecule has 0 amide bonds. The van der Waals surface area contributed by atoms with E-state index < -0.39 is 5.97 Å². The van der Waals surface area contributed by atoms with Crippen LogP contribution in [-0.2, 0) is 4.79 Å². The van der Waals surface area contributed by atoms with Crippen LogP contribution in [0, 0.1) is 5.92 Å². The molecule has 0 unspecified atom stereocenters. The molecule has 0 atom stereocenters. The van der Waals surface area contributed by atoms with Gasteiger partial charge in [-0.05, 0) is 29.7 Å². The van der Waals surface area contributed by atoms with Gasteiger partial charge >= 0.3 is 0 Å². The number of carbonyl (C=O) groups excluding carboxylic acids is 1. The Morgan fingerprint density at radius 2 is 2.11 bits per heavy atom. The van der Waals surface area contributed by atoms with Crippen LogP contribution in [0.2, 0.25) is 0 Å². The minimum Gasteiger partial charge on any atom is -0.545 e. The van der Waals surface area contributed by atoms with Crippen LogP contribution in [-0.4, -0.2) is 19.7 Å². The maximum absolute atomic E-state index is 10.3. The number of carboxylic acids is 1. The van der Waals surface area contributed by atoms with Gasteiger partial charge in [-0.1, -0.05) is 26.0 Å². The van der Waals surface area contributed by atoms with E-state index in [4.69, 9.17) is 9.47 Å². The van der Waals surface area contributed by atoms with Crippen LogP contribution in [0.1, 0.15) is 19.4 Å². The van der Waals surface area contributed by atoms with Gasteiger partial charge in [-0.15, -0.1) is 0 Å². The maximum Gasteiger partial charge on any atom is 0.161 e. The van der Waals surface area contributed by atoms with Crippen molar-refractivity contribution in [1.82, 2.24) is 0 Å². The SMILES string of the molecule is COc1cc(/C=C/C(=O)[O-])ccc1OCC(C)C. The predicted octanol–water partition coefficient (Wildman–Crippen LogP) is 1.49. The van der Waals surface area contributed by atoms with Crippen molar-refractivity contribution in [3.05, 3.63) is 29.8 Å². The Bertz CT molecular complexity index is 435. The van der Waals surface area contributed by atoms with Crippen molar-refractivity contribution in [2.75, 3.05) is 13.7 Å². The van der Waals surface area contributed by atoms with Gasteiger partial charge in [-0.2, -0.15) is 0 Å². The summed E-state index contributed by atoms with van der Waals surface area (Å²) >= 11 is 0. The fourth-order valence-corrected chi connectivity index (χ4v) is 1.33. The first-order valence-corrected chi connectivity index (χ1v) is 5.73. The van der Waals surface area contributed by atoms with Crippen molar-refractivity contribution in [1.29, 1.82) is 0 Å². The van der Waals surface area contributed by atoms with E-state index in [0.717, 1.165) is 6.08 Å². The van der Waals surface area contributed by atoms with Crippen LogP contribution in [0.15, 0.2) is 24.3 Å². The topological polar surface area (TPSA) is 58.6 Å². The molecule has 1 aromatic carbocycles. The van der Waals surface area contributed by atoms with Gasteiger partial charge in [-0.3, -0.25) is 0 Å². The van der Waals surface area contributed by atoms with Gasteiger partial charge in [0.15, 0.2) is 11.5 Å². The van der Waals surface area contributed by atoms with Crippen LogP contribution in [0.3, 0.4) is 0 Å². The van der Waals surface area contributed by atoms with Gasteiger partial charge in [0.05, 0.1) is 19.7 Å². The van der Waals surface area contributed by atoms with Gasteiger partial charge in [0.25, 0.3) is 0 Å². The molecule has 0 aliphatic carbocycles. The molecule has 0 aliphatic heterocycles. The number of hydrogen-bond donors (Lipinski definition) is 0. The third-order valence-electron chi connectivity index (χ3n) is 2.17. The van der Waals surface area contributed by atoms with Gasteiger partial charge in [-0.25, -0.2) is 0 Å². The van der Waals surface area contributed by atoms with Crippen molar-refractivity contribution >= 4 is 12.0 Å². The first-order chi connectivity index (χ1) is 8.52. The number of benzene rings is 1. The van der Waals surface area contributed by atoms with Crippen molar-refractivity contribution in [2.24, 2.45) is 5.92 Å². The Hall–Kier alpha value is -1.97. The summed E-state index contributed by atoms with van der Waals surface area (Å²) in [7, 11) is 1.55. The molecule has 1 rings (SSSR count). The Morgan fingerprint density at radius 1 is 1.39 bits per heavy atom. The van der Waals surface area contributed by atoms with Gasteiger partial charge in [0, 0.05) is 0 Å². The number of hydrogen-bond acceptors (Lipinski definition) is 4. The van der Waals surface area contributed by atoms with E-state index in [9.17, 15) is 9.90 Å². The molecule has 0 N–H and O–H groups in total. The zero-order chi connectivity index (χ0) is 13.5. The summed E-state index contributed by atoms with van der Waals surface area (Å²) in [4.78, 5) is 10.3. The van der Waals surface area contributed by atoms with Crippen molar-refractivity contribution in [3.8, 4) is 11.5 Å². The maximum atomic E-state index is 10.3. The fourth-order valence-electron chi connectivity index (χ4n) is 1.33. The first-order valence-electron chi connectivity index (χ1n) is 5.73. The minimum atomic E-state index is -1.23. The summed E-state index contributed by atoms with van der Waals surface area (Å²) in [5.41, 5.74) is 0.716. The summed E-state index contributed by atoms with van der Waals surface area (Å²) in [5.74, 6) is 0.425. The molecule has 98 valence electrons.